The van der Waals surface area contributed by atoms with E-state index in [4.69, 9.17) is 20.9 Å². The minimum Gasteiger partial charge on any atom is -0.478 e. The standard InChI is InChI=1S/C22H13ClF3N3O5S2/c23-12-5-7-13(8-6-12)36(31,32)29-11-16(33-15-4-2-1-3-14(15)29)20-27-21(34-28-20)18-10-9-17(35-18)19(30)22(24,25)26/h1-10,16H,11H2. The highest BCUT2D eigenvalue weighted by atomic mass is 35.5. The van der Waals surface area contributed by atoms with Gasteiger partial charge in [0.1, 0.15) is 5.75 Å². The molecule has 0 bridgehead atoms. The van der Waals surface area contributed by atoms with Gasteiger partial charge in [0.25, 0.3) is 21.7 Å². The molecule has 0 aliphatic carbocycles. The first-order valence-corrected chi connectivity index (χ1v) is 12.8. The fraction of sp³-hybridized carbons (Fsp3) is 0.136. The Hall–Kier alpha value is -3.42. The molecule has 1 aliphatic rings. The second kappa shape index (κ2) is 8.91. The maximum Gasteiger partial charge on any atom is 0.455 e. The van der Waals surface area contributed by atoms with E-state index >= 15 is 0 Å². The van der Waals surface area contributed by atoms with Crippen LogP contribution in [0, 0.1) is 0 Å². The zero-order chi connectivity index (χ0) is 25.7. The van der Waals surface area contributed by atoms with Crippen molar-refractivity contribution in [3.63, 3.8) is 0 Å². The minimum atomic E-state index is -5.01. The van der Waals surface area contributed by atoms with E-state index < -0.39 is 33.0 Å². The number of carbonyl (C=O) groups is 1. The van der Waals surface area contributed by atoms with Crippen molar-refractivity contribution < 1.29 is 35.6 Å². The van der Waals surface area contributed by atoms with Crippen LogP contribution in [0.3, 0.4) is 0 Å². The van der Waals surface area contributed by atoms with Gasteiger partial charge in [-0.05, 0) is 48.5 Å². The van der Waals surface area contributed by atoms with Crippen molar-refractivity contribution in [1.29, 1.82) is 0 Å². The lowest BCUT2D eigenvalue weighted by atomic mass is 10.2. The largest absolute Gasteiger partial charge is 0.478 e. The molecule has 0 N–H and O–H groups in total. The Morgan fingerprint density at radius 3 is 2.53 bits per heavy atom. The molecule has 4 aromatic rings. The van der Waals surface area contributed by atoms with Crippen LogP contribution in [0.2, 0.25) is 5.02 Å². The number of Topliss-reactive ketones (excluding diaryl/α,β-unsaturated/α-hetero) is 1. The topological polar surface area (TPSA) is 103 Å². The summed E-state index contributed by atoms with van der Waals surface area (Å²) in [4.78, 5) is 15.3. The first-order valence-electron chi connectivity index (χ1n) is 10.1. The van der Waals surface area contributed by atoms with E-state index in [9.17, 15) is 26.4 Å². The molecule has 2 aromatic heterocycles. The van der Waals surface area contributed by atoms with E-state index in [0.717, 1.165) is 10.4 Å². The van der Waals surface area contributed by atoms with Gasteiger partial charge in [-0.3, -0.25) is 9.10 Å². The van der Waals surface area contributed by atoms with Gasteiger partial charge in [0.05, 0.1) is 26.9 Å². The molecule has 14 heteroatoms. The number of nitrogens with zero attached hydrogens (tertiary/aromatic N) is 3. The Bertz CT molecular complexity index is 1550. The molecule has 0 radical (unpaired) electrons. The van der Waals surface area contributed by atoms with Crippen molar-refractivity contribution >= 4 is 44.4 Å². The van der Waals surface area contributed by atoms with E-state index in [0.29, 0.717) is 22.0 Å². The molecule has 1 atom stereocenters. The lowest BCUT2D eigenvalue weighted by molar-refractivity contribution is -0.0882. The Balaban J connectivity index is 1.46. The Kier molecular flexibility index (Phi) is 6.01. The van der Waals surface area contributed by atoms with Crippen molar-refractivity contribution in [3.05, 3.63) is 76.4 Å². The number of carbonyl (C=O) groups excluding carboxylic acids is 1. The van der Waals surface area contributed by atoms with Gasteiger partial charge < -0.3 is 9.26 Å². The summed E-state index contributed by atoms with van der Waals surface area (Å²) in [7, 11) is -4.03. The maximum absolute atomic E-state index is 13.5. The van der Waals surface area contributed by atoms with Gasteiger partial charge in [-0.25, -0.2) is 8.42 Å². The number of halogens is 4. The number of hydrogen-bond donors (Lipinski definition) is 0. The van der Waals surface area contributed by atoms with Crippen LogP contribution in [-0.2, 0) is 10.0 Å². The van der Waals surface area contributed by atoms with Crippen LogP contribution in [0.4, 0.5) is 18.9 Å². The first-order chi connectivity index (χ1) is 17.0. The average molecular weight is 556 g/mol. The number of anilines is 1. The van der Waals surface area contributed by atoms with Crippen molar-refractivity contribution in [2.45, 2.75) is 17.2 Å². The molecule has 3 heterocycles. The van der Waals surface area contributed by atoms with Gasteiger partial charge in [-0.15, -0.1) is 11.3 Å². The summed E-state index contributed by atoms with van der Waals surface area (Å²) in [6.45, 7) is -0.205. The Morgan fingerprint density at radius 2 is 1.81 bits per heavy atom. The second-order valence-corrected chi connectivity index (χ2v) is 10.9. The summed E-state index contributed by atoms with van der Waals surface area (Å²) in [6.07, 6.45) is -6.00. The molecule has 0 spiro atoms. The summed E-state index contributed by atoms with van der Waals surface area (Å²) < 4.78 is 77.3. The average Bonchev–Trinajstić information content (AvgIpc) is 3.52. The van der Waals surface area contributed by atoms with Gasteiger partial charge in [-0.2, -0.15) is 18.2 Å². The van der Waals surface area contributed by atoms with Gasteiger partial charge in [0.2, 0.25) is 5.82 Å². The van der Waals surface area contributed by atoms with Crippen LogP contribution in [0.15, 0.2) is 70.1 Å². The fourth-order valence-corrected chi connectivity index (χ4v) is 5.97. The normalized spacial score (nSPS) is 15.9. The zero-order valence-electron chi connectivity index (χ0n) is 17.8. The van der Waals surface area contributed by atoms with Crippen molar-refractivity contribution in [2.24, 2.45) is 0 Å². The number of fused-ring (bicyclic) bond motifs is 1. The monoisotopic (exact) mass is 555 g/mol. The molecule has 0 saturated heterocycles. The van der Waals surface area contributed by atoms with Crippen LogP contribution in [0.25, 0.3) is 10.8 Å². The molecule has 186 valence electrons. The van der Waals surface area contributed by atoms with E-state index in [1.807, 2.05) is 0 Å². The van der Waals surface area contributed by atoms with Crippen molar-refractivity contribution in [1.82, 2.24) is 10.1 Å². The molecule has 5 rings (SSSR count). The van der Waals surface area contributed by atoms with E-state index in [1.165, 1.54) is 30.3 Å². The van der Waals surface area contributed by atoms with E-state index in [2.05, 4.69) is 10.1 Å². The van der Waals surface area contributed by atoms with Crippen molar-refractivity contribution in [3.8, 4) is 16.5 Å². The molecule has 0 saturated carbocycles. The number of aromatic nitrogens is 2. The molecule has 36 heavy (non-hydrogen) atoms. The lowest BCUT2D eigenvalue weighted by Crippen LogP contribution is -2.40. The van der Waals surface area contributed by atoms with Crippen LogP contribution in [0.5, 0.6) is 5.75 Å². The number of sulfonamides is 1. The van der Waals surface area contributed by atoms with E-state index in [-0.39, 0.29) is 33.8 Å². The molecule has 2 aromatic carbocycles. The quantitative estimate of drug-likeness (QED) is 0.298. The lowest BCUT2D eigenvalue weighted by Gasteiger charge is -2.34. The number of hydrogen-bond acceptors (Lipinski definition) is 8. The fourth-order valence-electron chi connectivity index (χ4n) is 3.48. The summed E-state index contributed by atoms with van der Waals surface area (Å²) in [5.41, 5.74) is 0.306. The SMILES string of the molecule is O=C(c1ccc(-c2nc(C3CN(S(=O)(=O)c4ccc(Cl)cc4)c4ccccc4O3)no2)s1)C(F)(F)F. The number of ketones is 1. The number of para-hydroxylation sites is 2. The molecule has 8 nitrogen and oxygen atoms in total. The van der Waals surface area contributed by atoms with Crippen LogP contribution in [0.1, 0.15) is 21.6 Å². The zero-order valence-corrected chi connectivity index (χ0v) is 20.2. The molecule has 0 fully saturated rings. The smallest absolute Gasteiger partial charge is 0.455 e. The highest BCUT2D eigenvalue weighted by molar-refractivity contribution is 7.92. The number of alkyl halides is 3. The number of rotatable bonds is 5. The highest BCUT2D eigenvalue weighted by Gasteiger charge is 2.41. The number of ether oxygens (including phenoxy) is 1. The number of thiophene rings is 1. The predicted molar refractivity (Wildman–Crippen MR) is 124 cm³/mol. The van der Waals surface area contributed by atoms with Gasteiger partial charge in [0, 0.05) is 5.02 Å². The Morgan fingerprint density at radius 1 is 1.08 bits per heavy atom. The second-order valence-electron chi connectivity index (χ2n) is 7.51. The first kappa shape index (κ1) is 24.3. The highest BCUT2D eigenvalue weighted by Crippen LogP contribution is 2.41. The summed E-state index contributed by atoms with van der Waals surface area (Å²) >= 11 is 6.45. The molecular weight excluding hydrogens is 543 g/mol. The summed E-state index contributed by atoms with van der Waals surface area (Å²) in [5, 5.41) is 4.22. The minimum absolute atomic E-state index is 0.0107. The predicted octanol–water partition coefficient (Wildman–Crippen LogP) is 5.53. The van der Waals surface area contributed by atoms with Gasteiger partial charge in [0.15, 0.2) is 6.10 Å². The molecular formula is C22H13ClF3N3O5S2. The number of benzene rings is 2. The van der Waals surface area contributed by atoms with Crippen LogP contribution < -0.4 is 9.04 Å². The summed E-state index contributed by atoms with van der Waals surface area (Å²) in [5.74, 6) is -1.88. The van der Waals surface area contributed by atoms with E-state index in [1.54, 1.807) is 24.3 Å². The van der Waals surface area contributed by atoms with Crippen LogP contribution >= 0.6 is 22.9 Å². The van der Waals surface area contributed by atoms with Crippen LogP contribution in [-0.4, -0.2) is 37.1 Å². The molecule has 0 amide bonds. The molecule has 1 aliphatic heterocycles. The maximum atomic E-state index is 13.5. The summed E-state index contributed by atoms with van der Waals surface area (Å²) in [6, 6.07) is 14.5. The van der Waals surface area contributed by atoms with Crippen molar-refractivity contribution in [2.75, 3.05) is 10.8 Å². The molecule has 1 unspecified atom stereocenters. The third-order valence-corrected chi connectivity index (χ3v) is 8.28. The van der Waals surface area contributed by atoms with Gasteiger partial charge >= 0.3 is 6.18 Å². The van der Waals surface area contributed by atoms with Gasteiger partial charge in [-0.1, -0.05) is 28.9 Å². The third-order valence-electron chi connectivity index (χ3n) is 5.16. The third kappa shape index (κ3) is 4.45. The Labute approximate surface area is 210 Å².